The highest BCUT2D eigenvalue weighted by atomic mass is 16.3. The second-order valence-corrected chi connectivity index (χ2v) is 5.60. The lowest BCUT2D eigenvalue weighted by Gasteiger charge is -2.17. The predicted octanol–water partition coefficient (Wildman–Crippen LogP) is 1.57. The Morgan fingerprint density at radius 3 is 2.68 bits per heavy atom. The summed E-state index contributed by atoms with van der Waals surface area (Å²) in [6, 6.07) is 6.56. The van der Waals surface area contributed by atoms with Crippen molar-refractivity contribution >= 4 is 5.91 Å². The SMILES string of the molecule is CC1CCC(NC(=O)[C@H](N)Cc2ccc(O)cc2)C1. The van der Waals surface area contributed by atoms with Gasteiger partial charge in [-0.3, -0.25) is 4.79 Å². The Bertz CT molecular complexity index is 430. The Morgan fingerprint density at radius 2 is 2.11 bits per heavy atom. The Kier molecular flexibility index (Phi) is 4.43. The first-order chi connectivity index (χ1) is 9.04. The van der Waals surface area contributed by atoms with Crippen LogP contribution in [-0.2, 0) is 11.2 Å². The molecule has 1 aromatic carbocycles. The summed E-state index contributed by atoms with van der Waals surface area (Å²) in [5.74, 6) is 0.840. The van der Waals surface area contributed by atoms with E-state index in [-0.39, 0.29) is 17.7 Å². The van der Waals surface area contributed by atoms with E-state index in [4.69, 9.17) is 5.73 Å². The van der Waals surface area contributed by atoms with Crippen LogP contribution in [0.5, 0.6) is 5.75 Å². The second kappa shape index (κ2) is 6.06. The molecule has 0 spiro atoms. The molecule has 19 heavy (non-hydrogen) atoms. The van der Waals surface area contributed by atoms with Crippen molar-refractivity contribution in [2.45, 2.75) is 44.7 Å². The molecule has 2 unspecified atom stereocenters. The standard InChI is InChI=1S/C15H22N2O2/c1-10-2-5-12(8-10)17-15(19)14(16)9-11-3-6-13(18)7-4-11/h3-4,6-7,10,12,14,18H,2,5,8-9,16H2,1H3,(H,17,19)/t10?,12?,14-/m1/s1. The number of phenolic OH excluding ortho intramolecular Hbond substituents is 1. The molecule has 2 rings (SSSR count). The molecule has 0 radical (unpaired) electrons. The van der Waals surface area contributed by atoms with Crippen LogP contribution < -0.4 is 11.1 Å². The smallest absolute Gasteiger partial charge is 0.237 e. The van der Waals surface area contributed by atoms with E-state index in [1.165, 1.54) is 6.42 Å². The van der Waals surface area contributed by atoms with Gasteiger partial charge in [0.15, 0.2) is 0 Å². The third kappa shape index (κ3) is 3.96. The Morgan fingerprint density at radius 1 is 1.42 bits per heavy atom. The molecule has 0 bridgehead atoms. The first-order valence-electron chi connectivity index (χ1n) is 6.88. The molecule has 1 aromatic rings. The van der Waals surface area contributed by atoms with Gasteiger partial charge in [-0.15, -0.1) is 0 Å². The van der Waals surface area contributed by atoms with Gasteiger partial charge in [-0.25, -0.2) is 0 Å². The number of nitrogens with one attached hydrogen (secondary N) is 1. The molecule has 0 aromatic heterocycles. The predicted molar refractivity (Wildman–Crippen MR) is 74.7 cm³/mol. The molecule has 1 fully saturated rings. The molecule has 0 saturated heterocycles. The molecule has 3 atom stereocenters. The highest BCUT2D eigenvalue weighted by Crippen LogP contribution is 2.24. The minimum Gasteiger partial charge on any atom is -0.508 e. The van der Waals surface area contributed by atoms with Crippen LogP contribution in [0.15, 0.2) is 24.3 Å². The van der Waals surface area contributed by atoms with E-state index in [1.54, 1.807) is 24.3 Å². The molecule has 1 amide bonds. The third-order valence-electron chi connectivity index (χ3n) is 3.77. The van der Waals surface area contributed by atoms with E-state index in [2.05, 4.69) is 12.2 Å². The zero-order valence-corrected chi connectivity index (χ0v) is 11.3. The van der Waals surface area contributed by atoms with E-state index >= 15 is 0 Å². The van der Waals surface area contributed by atoms with Gasteiger partial charge in [0.25, 0.3) is 0 Å². The molecule has 1 aliphatic rings. The first-order valence-corrected chi connectivity index (χ1v) is 6.88. The average molecular weight is 262 g/mol. The Hall–Kier alpha value is -1.55. The number of aromatic hydroxyl groups is 1. The van der Waals surface area contributed by atoms with E-state index < -0.39 is 6.04 Å². The van der Waals surface area contributed by atoms with Gasteiger partial charge in [0.05, 0.1) is 6.04 Å². The topological polar surface area (TPSA) is 75.4 Å². The van der Waals surface area contributed by atoms with Gasteiger partial charge in [-0.2, -0.15) is 0 Å². The number of benzene rings is 1. The molecule has 4 N–H and O–H groups in total. The van der Waals surface area contributed by atoms with Crippen LogP contribution in [0.3, 0.4) is 0 Å². The molecule has 1 saturated carbocycles. The fourth-order valence-electron chi connectivity index (χ4n) is 2.63. The summed E-state index contributed by atoms with van der Waals surface area (Å²) in [5.41, 5.74) is 6.88. The van der Waals surface area contributed by atoms with Crippen LogP contribution in [0, 0.1) is 5.92 Å². The van der Waals surface area contributed by atoms with Gasteiger partial charge in [0, 0.05) is 6.04 Å². The molecule has 4 nitrogen and oxygen atoms in total. The highest BCUT2D eigenvalue weighted by molar-refractivity contribution is 5.82. The number of hydrogen-bond acceptors (Lipinski definition) is 3. The van der Waals surface area contributed by atoms with Crippen molar-refractivity contribution in [2.75, 3.05) is 0 Å². The number of rotatable bonds is 4. The van der Waals surface area contributed by atoms with Crippen molar-refractivity contribution in [3.05, 3.63) is 29.8 Å². The zero-order valence-electron chi connectivity index (χ0n) is 11.3. The summed E-state index contributed by atoms with van der Waals surface area (Å²) in [7, 11) is 0. The van der Waals surface area contributed by atoms with Crippen LogP contribution in [0.4, 0.5) is 0 Å². The number of amides is 1. The monoisotopic (exact) mass is 262 g/mol. The normalized spacial score (nSPS) is 24.1. The van der Waals surface area contributed by atoms with Crippen molar-refractivity contribution in [1.29, 1.82) is 0 Å². The van der Waals surface area contributed by atoms with Crippen LogP contribution >= 0.6 is 0 Å². The zero-order chi connectivity index (χ0) is 13.8. The molecule has 0 aliphatic heterocycles. The number of phenols is 1. The van der Waals surface area contributed by atoms with E-state index in [1.807, 2.05) is 0 Å². The maximum absolute atomic E-state index is 12.0. The van der Waals surface area contributed by atoms with Crippen LogP contribution in [-0.4, -0.2) is 23.1 Å². The molecule has 104 valence electrons. The van der Waals surface area contributed by atoms with E-state index in [9.17, 15) is 9.90 Å². The van der Waals surface area contributed by atoms with Crippen molar-refractivity contribution < 1.29 is 9.90 Å². The van der Waals surface area contributed by atoms with Crippen LogP contribution in [0.1, 0.15) is 31.7 Å². The van der Waals surface area contributed by atoms with Crippen molar-refractivity contribution in [3.63, 3.8) is 0 Å². The summed E-state index contributed by atoms with van der Waals surface area (Å²) in [5, 5.41) is 12.2. The minimum atomic E-state index is -0.527. The minimum absolute atomic E-state index is 0.0767. The van der Waals surface area contributed by atoms with Gasteiger partial charge in [-0.05, 0) is 49.3 Å². The summed E-state index contributed by atoms with van der Waals surface area (Å²) < 4.78 is 0. The maximum atomic E-state index is 12.0. The fraction of sp³-hybridized carbons (Fsp3) is 0.533. The average Bonchev–Trinajstić information content (AvgIpc) is 2.77. The summed E-state index contributed by atoms with van der Waals surface area (Å²) in [6.45, 7) is 2.21. The quantitative estimate of drug-likeness (QED) is 0.771. The van der Waals surface area contributed by atoms with Crippen molar-refractivity contribution in [2.24, 2.45) is 11.7 Å². The van der Waals surface area contributed by atoms with Gasteiger partial charge >= 0.3 is 0 Å². The van der Waals surface area contributed by atoms with E-state index in [0.29, 0.717) is 12.3 Å². The van der Waals surface area contributed by atoms with Gasteiger partial charge in [-0.1, -0.05) is 19.1 Å². The van der Waals surface area contributed by atoms with Crippen molar-refractivity contribution in [3.8, 4) is 5.75 Å². The summed E-state index contributed by atoms with van der Waals surface area (Å²) in [6.07, 6.45) is 3.78. The first kappa shape index (κ1) is 13.9. The van der Waals surface area contributed by atoms with Crippen molar-refractivity contribution in [1.82, 2.24) is 5.32 Å². The largest absolute Gasteiger partial charge is 0.508 e. The number of hydrogen-bond donors (Lipinski definition) is 3. The number of carbonyl (C=O) groups excluding carboxylic acids is 1. The van der Waals surface area contributed by atoms with Crippen LogP contribution in [0.2, 0.25) is 0 Å². The molecule has 4 heteroatoms. The van der Waals surface area contributed by atoms with Gasteiger partial charge < -0.3 is 16.2 Å². The van der Waals surface area contributed by atoms with Gasteiger partial charge in [0.1, 0.15) is 5.75 Å². The lowest BCUT2D eigenvalue weighted by molar-refractivity contribution is -0.123. The second-order valence-electron chi connectivity index (χ2n) is 5.60. The Labute approximate surface area is 114 Å². The molecular formula is C15H22N2O2. The maximum Gasteiger partial charge on any atom is 0.237 e. The lowest BCUT2D eigenvalue weighted by atomic mass is 10.1. The molecule has 1 aliphatic carbocycles. The van der Waals surface area contributed by atoms with Crippen LogP contribution in [0.25, 0.3) is 0 Å². The number of nitrogens with two attached hydrogens (primary N) is 1. The van der Waals surface area contributed by atoms with Gasteiger partial charge in [0.2, 0.25) is 5.91 Å². The summed E-state index contributed by atoms with van der Waals surface area (Å²) in [4.78, 5) is 12.0. The highest BCUT2D eigenvalue weighted by Gasteiger charge is 2.24. The van der Waals surface area contributed by atoms with E-state index in [0.717, 1.165) is 18.4 Å². The third-order valence-corrected chi connectivity index (χ3v) is 3.77. The summed E-state index contributed by atoms with van der Waals surface area (Å²) >= 11 is 0. The fourth-order valence-corrected chi connectivity index (χ4v) is 2.63. The lowest BCUT2D eigenvalue weighted by Crippen LogP contribution is -2.45. The Balaban J connectivity index is 1.83. The molecule has 0 heterocycles. The molecular weight excluding hydrogens is 240 g/mol. The number of carbonyl (C=O) groups is 1.